The Hall–Kier alpha value is -1.70. The molecule has 5 nitrogen and oxygen atoms in total. The highest BCUT2D eigenvalue weighted by Gasteiger charge is 2.09. The number of hydrogen-bond donors (Lipinski definition) is 1. The van der Waals surface area contributed by atoms with Crippen LogP contribution in [0.1, 0.15) is 11.3 Å². The molecule has 0 saturated heterocycles. The van der Waals surface area contributed by atoms with Crippen LogP contribution >= 0.6 is 22.6 Å². The average molecular weight is 369 g/mol. The summed E-state index contributed by atoms with van der Waals surface area (Å²) in [5, 5.41) is 13.9. The Morgan fingerprint density at radius 1 is 1.42 bits per heavy atom. The number of nitro benzene ring substituents is 1. The molecule has 0 unspecified atom stereocenters. The number of benzene rings is 1. The Kier molecular flexibility index (Phi) is 4.31. The molecular formula is C13H12IN3O2. The number of rotatable bonds is 4. The summed E-state index contributed by atoms with van der Waals surface area (Å²) in [6.07, 6.45) is 1.75. The van der Waals surface area contributed by atoms with Crippen LogP contribution in [0, 0.1) is 20.6 Å². The standard InChI is InChI=1S/C13H12IN3O2/c1-9-3-2-6-15-13(9)8-16-12-5-4-10(17(18)19)7-11(12)14/h2-7,16H,8H2,1H3. The van der Waals surface area contributed by atoms with Crippen LogP contribution in [0.3, 0.4) is 0 Å². The van der Waals surface area contributed by atoms with Gasteiger partial charge in [0.15, 0.2) is 0 Å². The van der Waals surface area contributed by atoms with Crippen molar-refractivity contribution < 1.29 is 4.92 Å². The molecule has 1 aromatic carbocycles. The number of halogens is 1. The fraction of sp³-hybridized carbons (Fsp3) is 0.154. The molecule has 0 saturated carbocycles. The van der Waals surface area contributed by atoms with Gasteiger partial charge < -0.3 is 5.32 Å². The van der Waals surface area contributed by atoms with Crippen molar-refractivity contribution in [3.63, 3.8) is 0 Å². The Morgan fingerprint density at radius 3 is 2.84 bits per heavy atom. The van der Waals surface area contributed by atoms with E-state index in [2.05, 4.69) is 32.9 Å². The first-order valence-electron chi connectivity index (χ1n) is 5.66. The topological polar surface area (TPSA) is 68.1 Å². The number of aryl methyl sites for hydroxylation is 1. The highest BCUT2D eigenvalue weighted by Crippen LogP contribution is 2.24. The van der Waals surface area contributed by atoms with Crippen LogP contribution < -0.4 is 5.32 Å². The number of non-ortho nitro benzene ring substituents is 1. The fourth-order valence-corrected chi connectivity index (χ4v) is 2.33. The minimum atomic E-state index is -0.394. The van der Waals surface area contributed by atoms with E-state index < -0.39 is 4.92 Å². The smallest absolute Gasteiger partial charge is 0.270 e. The summed E-state index contributed by atoms with van der Waals surface area (Å²) >= 11 is 2.08. The van der Waals surface area contributed by atoms with Crippen LogP contribution in [0.25, 0.3) is 0 Å². The van der Waals surface area contributed by atoms with Crippen LogP contribution in [-0.4, -0.2) is 9.91 Å². The van der Waals surface area contributed by atoms with E-state index in [0.717, 1.165) is 20.5 Å². The van der Waals surface area contributed by atoms with Gasteiger partial charge in [0.2, 0.25) is 0 Å². The maximum absolute atomic E-state index is 10.7. The summed E-state index contributed by atoms with van der Waals surface area (Å²) in [5.41, 5.74) is 3.06. The third-order valence-electron chi connectivity index (χ3n) is 2.73. The van der Waals surface area contributed by atoms with Crippen molar-refractivity contribution in [3.05, 3.63) is 61.5 Å². The monoisotopic (exact) mass is 369 g/mol. The fourth-order valence-electron chi connectivity index (χ4n) is 1.64. The predicted octanol–water partition coefficient (Wildman–Crippen LogP) is 3.51. The lowest BCUT2D eigenvalue weighted by Crippen LogP contribution is -2.04. The summed E-state index contributed by atoms with van der Waals surface area (Å²) in [7, 11) is 0. The van der Waals surface area contributed by atoms with Gasteiger partial charge in [0, 0.05) is 27.6 Å². The Bertz CT molecular complexity index is 617. The Morgan fingerprint density at radius 2 is 2.21 bits per heavy atom. The first-order chi connectivity index (χ1) is 9.08. The zero-order valence-electron chi connectivity index (χ0n) is 10.3. The normalized spacial score (nSPS) is 10.2. The molecule has 0 fully saturated rings. The second kappa shape index (κ2) is 5.96. The van der Waals surface area contributed by atoms with E-state index in [4.69, 9.17) is 0 Å². The first kappa shape index (κ1) is 13.7. The second-order valence-electron chi connectivity index (χ2n) is 4.04. The van der Waals surface area contributed by atoms with Gasteiger partial charge in [-0.2, -0.15) is 0 Å². The van der Waals surface area contributed by atoms with Crippen molar-refractivity contribution >= 4 is 34.0 Å². The number of aromatic nitrogens is 1. The van der Waals surface area contributed by atoms with Gasteiger partial charge in [-0.05, 0) is 47.2 Å². The van der Waals surface area contributed by atoms with Crippen molar-refractivity contribution in [1.29, 1.82) is 0 Å². The summed E-state index contributed by atoms with van der Waals surface area (Å²) in [6.45, 7) is 2.60. The first-order valence-corrected chi connectivity index (χ1v) is 6.74. The summed E-state index contributed by atoms with van der Waals surface area (Å²) in [5.74, 6) is 0. The van der Waals surface area contributed by atoms with Gasteiger partial charge in [-0.25, -0.2) is 0 Å². The molecule has 98 valence electrons. The van der Waals surface area contributed by atoms with Gasteiger partial charge in [-0.3, -0.25) is 15.1 Å². The van der Waals surface area contributed by atoms with E-state index in [1.165, 1.54) is 6.07 Å². The highest BCUT2D eigenvalue weighted by atomic mass is 127. The molecule has 1 aromatic heterocycles. The maximum atomic E-state index is 10.7. The Balaban J connectivity index is 2.12. The minimum absolute atomic E-state index is 0.101. The van der Waals surface area contributed by atoms with Crippen LogP contribution in [0.5, 0.6) is 0 Å². The number of anilines is 1. The van der Waals surface area contributed by atoms with Gasteiger partial charge in [-0.15, -0.1) is 0 Å². The molecule has 0 aliphatic rings. The van der Waals surface area contributed by atoms with Crippen molar-refractivity contribution in [3.8, 4) is 0 Å². The highest BCUT2D eigenvalue weighted by molar-refractivity contribution is 14.1. The SMILES string of the molecule is Cc1cccnc1CNc1ccc([N+](=O)[O-])cc1I. The largest absolute Gasteiger partial charge is 0.379 e. The molecule has 2 aromatic rings. The third kappa shape index (κ3) is 3.40. The van der Waals surface area contributed by atoms with Gasteiger partial charge in [0.1, 0.15) is 0 Å². The quantitative estimate of drug-likeness (QED) is 0.509. The van der Waals surface area contributed by atoms with Crippen LogP contribution in [0.15, 0.2) is 36.5 Å². The summed E-state index contributed by atoms with van der Waals surface area (Å²) in [6, 6.07) is 8.67. The number of nitrogens with zero attached hydrogens (tertiary/aromatic N) is 2. The van der Waals surface area contributed by atoms with Gasteiger partial charge in [0.05, 0.1) is 17.2 Å². The van der Waals surface area contributed by atoms with E-state index in [-0.39, 0.29) is 5.69 Å². The van der Waals surface area contributed by atoms with E-state index in [0.29, 0.717) is 6.54 Å². The molecule has 1 heterocycles. The predicted molar refractivity (Wildman–Crippen MR) is 82.1 cm³/mol. The molecule has 0 spiro atoms. The Labute approximate surface area is 124 Å². The van der Waals surface area contributed by atoms with Gasteiger partial charge >= 0.3 is 0 Å². The van der Waals surface area contributed by atoms with Crippen LogP contribution in [0.4, 0.5) is 11.4 Å². The second-order valence-corrected chi connectivity index (χ2v) is 5.20. The van der Waals surface area contributed by atoms with Crippen molar-refractivity contribution in [1.82, 2.24) is 4.98 Å². The lowest BCUT2D eigenvalue weighted by Gasteiger charge is -2.09. The van der Waals surface area contributed by atoms with Gasteiger partial charge in [-0.1, -0.05) is 6.07 Å². The summed E-state index contributed by atoms with van der Waals surface area (Å²) < 4.78 is 0.820. The molecular weight excluding hydrogens is 357 g/mol. The maximum Gasteiger partial charge on any atom is 0.270 e. The van der Waals surface area contributed by atoms with Crippen LogP contribution in [-0.2, 0) is 6.54 Å². The molecule has 0 aliphatic carbocycles. The number of pyridine rings is 1. The third-order valence-corrected chi connectivity index (χ3v) is 3.62. The zero-order chi connectivity index (χ0) is 13.8. The van der Waals surface area contributed by atoms with Crippen molar-refractivity contribution in [2.24, 2.45) is 0 Å². The summed E-state index contributed by atoms with van der Waals surface area (Å²) in [4.78, 5) is 14.6. The molecule has 1 N–H and O–H groups in total. The molecule has 0 amide bonds. The lowest BCUT2D eigenvalue weighted by atomic mass is 10.2. The van der Waals surface area contributed by atoms with E-state index in [1.54, 1.807) is 18.3 Å². The molecule has 2 rings (SSSR count). The van der Waals surface area contributed by atoms with Crippen LogP contribution in [0.2, 0.25) is 0 Å². The average Bonchev–Trinajstić information content (AvgIpc) is 2.39. The number of nitrogens with one attached hydrogen (secondary N) is 1. The number of hydrogen-bond acceptors (Lipinski definition) is 4. The van der Waals surface area contributed by atoms with E-state index in [9.17, 15) is 10.1 Å². The molecule has 6 heteroatoms. The molecule has 0 atom stereocenters. The number of nitro groups is 1. The van der Waals surface area contributed by atoms with E-state index >= 15 is 0 Å². The molecule has 0 bridgehead atoms. The molecule has 0 aliphatic heterocycles. The molecule has 0 radical (unpaired) electrons. The van der Waals surface area contributed by atoms with Crippen molar-refractivity contribution in [2.75, 3.05) is 5.32 Å². The minimum Gasteiger partial charge on any atom is -0.379 e. The van der Waals surface area contributed by atoms with E-state index in [1.807, 2.05) is 19.1 Å². The molecule has 19 heavy (non-hydrogen) atoms. The van der Waals surface area contributed by atoms with Crippen molar-refractivity contribution in [2.45, 2.75) is 13.5 Å². The van der Waals surface area contributed by atoms with Gasteiger partial charge in [0.25, 0.3) is 5.69 Å². The zero-order valence-corrected chi connectivity index (χ0v) is 12.4. The lowest BCUT2D eigenvalue weighted by molar-refractivity contribution is -0.384.